The molecule has 0 aliphatic heterocycles. The lowest BCUT2D eigenvalue weighted by molar-refractivity contribution is -0.137. The van der Waals surface area contributed by atoms with Gasteiger partial charge in [0.2, 0.25) is 0 Å². The topological polar surface area (TPSA) is 0 Å². The van der Waals surface area contributed by atoms with E-state index in [0.29, 0.717) is 3.57 Å². The summed E-state index contributed by atoms with van der Waals surface area (Å²) in [6, 6.07) is 2.44. The van der Waals surface area contributed by atoms with Crippen molar-refractivity contribution in [3.8, 4) is 0 Å². The van der Waals surface area contributed by atoms with Crippen LogP contribution >= 0.6 is 45.8 Å². The number of hydrogen-bond acceptors (Lipinski definition) is 0. The van der Waals surface area contributed by atoms with Crippen molar-refractivity contribution in [3.05, 3.63) is 31.3 Å². The lowest BCUT2D eigenvalue weighted by Crippen LogP contribution is -2.07. The Morgan fingerprint density at radius 3 is 1.77 bits per heavy atom. The van der Waals surface area contributed by atoms with E-state index < -0.39 is 11.7 Å². The minimum Gasteiger partial charge on any atom is -0.166 e. The van der Waals surface area contributed by atoms with E-state index in [1.165, 1.54) is 12.1 Å². The second-order valence-corrected chi connectivity index (χ2v) is 4.30. The molecule has 0 aliphatic rings. The molecule has 1 aromatic rings. The molecule has 0 saturated heterocycles. The summed E-state index contributed by atoms with van der Waals surface area (Å²) in [6.45, 7) is 0. The van der Waals surface area contributed by atoms with E-state index in [-0.39, 0.29) is 10.0 Å². The third-order valence-electron chi connectivity index (χ3n) is 1.29. The maximum atomic E-state index is 12.3. The molecule has 0 bridgehead atoms. The van der Waals surface area contributed by atoms with Crippen molar-refractivity contribution in [1.29, 1.82) is 0 Å². The number of rotatable bonds is 0. The van der Waals surface area contributed by atoms with Crippen LogP contribution in [0.1, 0.15) is 5.56 Å². The predicted molar refractivity (Wildman–Crippen MR) is 54.2 cm³/mol. The molecule has 72 valence electrons. The van der Waals surface area contributed by atoms with E-state index >= 15 is 0 Å². The lowest BCUT2D eigenvalue weighted by atomic mass is 10.2. The second kappa shape index (κ2) is 3.82. The van der Waals surface area contributed by atoms with Gasteiger partial charge in [-0.1, -0.05) is 23.2 Å². The molecule has 6 heteroatoms. The first kappa shape index (κ1) is 11.4. The monoisotopic (exact) mass is 340 g/mol. The quantitative estimate of drug-likeness (QED) is 0.605. The van der Waals surface area contributed by atoms with E-state index in [2.05, 4.69) is 0 Å². The third kappa shape index (κ3) is 2.63. The zero-order chi connectivity index (χ0) is 10.2. The largest absolute Gasteiger partial charge is 0.419 e. The summed E-state index contributed by atoms with van der Waals surface area (Å²) in [4.78, 5) is 0. The molecule has 0 radical (unpaired) electrons. The van der Waals surface area contributed by atoms with Crippen LogP contribution < -0.4 is 0 Å². The van der Waals surface area contributed by atoms with Crippen LogP contribution in [0.15, 0.2) is 12.1 Å². The van der Waals surface area contributed by atoms with Gasteiger partial charge in [-0.3, -0.25) is 0 Å². The van der Waals surface area contributed by atoms with Gasteiger partial charge < -0.3 is 0 Å². The van der Waals surface area contributed by atoms with Gasteiger partial charge in [-0.2, -0.15) is 13.2 Å². The highest BCUT2D eigenvalue weighted by atomic mass is 127. The highest BCUT2D eigenvalue weighted by Crippen LogP contribution is 2.40. The van der Waals surface area contributed by atoms with E-state index in [1.54, 1.807) is 0 Å². The first-order valence-corrected chi connectivity index (χ1v) is 4.87. The molecule has 0 heterocycles. The van der Waals surface area contributed by atoms with Crippen LogP contribution in [-0.2, 0) is 6.18 Å². The van der Waals surface area contributed by atoms with Gasteiger partial charge in [0, 0.05) is 3.57 Å². The minimum absolute atomic E-state index is 0.371. The SMILES string of the molecule is FC(F)(F)c1c(Cl)cc(I)cc1Cl. The third-order valence-corrected chi connectivity index (χ3v) is 2.51. The van der Waals surface area contributed by atoms with E-state index in [9.17, 15) is 13.2 Å². The average molecular weight is 341 g/mol. The Labute approximate surface area is 96.2 Å². The van der Waals surface area contributed by atoms with Gasteiger partial charge >= 0.3 is 6.18 Å². The Morgan fingerprint density at radius 1 is 1.08 bits per heavy atom. The van der Waals surface area contributed by atoms with Gasteiger partial charge in [0.25, 0.3) is 0 Å². The van der Waals surface area contributed by atoms with E-state index in [1.807, 2.05) is 22.6 Å². The molecule has 0 fully saturated rings. The number of alkyl halides is 3. The molecule has 0 saturated carbocycles. The highest BCUT2D eigenvalue weighted by Gasteiger charge is 2.35. The maximum absolute atomic E-state index is 12.3. The Hall–Kier alpha value is 0.320. The zero-order valence-electron chi connectivity index (χ0n) is 5.92. The fourth-order valence-electron chi connectivity index (χ4n) is 0.813. The molecule has 0 amide bonds. The molecular weight excluding hydrogens is 339 g/mol. The molecule has 13 heavy (non-hydrogen) atoms. The van der Waals surface area contributed by atoms with Crippen LogP contribution in [0.2, 0.25) is 10.0 Å². The molecule has 0 unspecified atom stereocenters. The molecule has 1 rings (SSSR count). The van der Waals surface area contributed by atoms with Crippen molar-refractivity contribution in [2.75, 3.05) is 0 Å². The van der Waals surface area contributed by atoms with E-state index in [4.69, 9.17) is 23.2 Å². The van der Waals surface area contributed by atoms with Gasteiger partial charge in [0.15, 0.2) is 0 Å². The Kier molecular flexibility index (Phi) is 3.35. The van der Waals surface area contributed by atoms with Crippen molar-refractivity contribution < 1.29 is 13.2 Å². The molecule has 0 aliphatic carbocycles. The number of benzene rings is 1. The fraction of sp³-hybridized carbons (Fsp3) is 0.143. The first-order chi connectivity index (χ1) is 5.82. The molecule has 0 N–H and O–H groups in total. The van der Waals surface area contributed by atoms with Crippen LogP contribution in [0.5, 0.6) is 0 Å². The summed E-state index contributed by atoms with van der Waals surface area (Å²) >= 11 is 12.7. The van der Waals surface area contributed by atoms with Crippen LogP contribution in [0, 0.1) is 3.57 Å². The summed E-state index contributed by atoms with van der Waals surface area (Å²) in [7, 11) is 0. The van der Waals surface area contributed by atoms with E-state index in [0.717, 1.165) is 0 Å². The highest BCUT2D eigenvalue weighted by molar-refractivity contribution is 14.1. The van der Waals surface area contributed by atoms with Gasteiger partial charge in [0.05, 0.1) is 15.6 Å². The van der Waals surface area contributed by atoms with Gasteiger partial charge in [-0.15, -0.1) is 0 Å². The Morgan fingerprint density at radius 2 is 1.46 bits per heavy atom. The molecule has 0 atom stereocenters. The Bertz CT molecular complexity index is 312. The average Bonchev–Trinajstić information content (AvgIpc) is 1.78. The smallest absolute Gasteiger partial charge is 0.166 e. The van der Waals surface area contributed by atoms with Crippen molar-refractivity contribution >= 4 is 45.8 Å². The minimum atomic E-state index is -4.50. The summed E-state index contributed by atoms with van der Waals surface area (Å²) in [5.74, 6) is 0. The first-order valence-electron chi connectivity index (χ1n) is 3.04. The summed E-state index contributed by atoms with van der Waals surface area (Å²) < 4.78 is 37.4. The molecule has 1 aromatic carbocycles. The summed E-state index contributed by atoms with van der Waals surface area (Å²) in [6.07, 6.45) is -4.50. The maximum Gasteiger partial charge on any atom is 0.419 e. The predicted octanol–water partition coefficient (Wildman–Crippen LogP) is 4.62. The van der Waals surface area contributed by atoms with Gasteiger partial charge in [-0.25, -0.2) is 0 Å². The molecule has 0 aromatic heterocycles. The molecular formula is C7H2Cl2F3I. The van der Waals surface area contributed by atoms with Crippen LogP contribution in [-0.4, -0.2) is 0 Å². The fourth-order valence-corrected chi connectivity index (χ4v) is 2.51. The van der Waals surface area contributed by atoms with Crippen LogP contribution in [0.25, 0.3) is 0 Å². The van der Waals surface area contributed by atoms with Crippen LogP contribution in [0.4, 0.5) is 13.2 Å². The van der Waals surface area contributed by atoms with Gasteiger partial charge in [-0.05, 0) is 34.7 Å². The number of halogens is 6. The van der Waals surface area contributed by atoms with Crippen molar-refractivity contribution in [1.82, 2.24) is 0 Å². The lowest BCUT2D eigenvalue weighted by Gasteiger charge is -2.10. The number of hydrogen-bond donors (Lipinski definition) is 0. The summed E-state index contributed by atoms with van der Waals surface area (Å²) in [5, 5.41) is -0.742. The van der Waals surface area contributed by atoms with Crippen molar-refractivity contribution in [3.63, 3.8) is 0 Å². The van der Waals surface area contributed by atoms with Crippen molar-refractivity contribution in [2.45, 2.75) is 6.18 Å². The normalized spacial score (nSPS) is 11.8. The molecule has 0 nitrogen and oxygen atoms in total. The Balaban J connectivity index is 3.38. The van der Waals surface area contributed by atoms with Gasteiger partial charge in [0.1, 0.15) is 0 Å². The standard InChI is InChI=1S/C7H2Cl2F3I/c8-4-1-3(13)2-5(9)6(4)7(10,11)12/h1-2H. The second-order valence-electron chi connectivity index (χ2n) is 2.24. The molecule has 0 spiro atoms. The van der Waals surface area contributed by atoms with Crippen molar-refractivity contribution in [2.24, 2.45) is 0 Å². The zero-order valence-corrected chi connectivity index (χ0v) is 9.59. The summed E-state index contributed by atoms with van der Waals surface area (Å²) in [5.41, 5.74) is -0.976. The van der Waals surface area contributed by atoms with Crippen LogP contribution in [0.3, 0.4) is 0 Å².